The molecule has 0 radical (unpaired) electrons. The first-order chi connectivity index (χ1) is 14.2. The van der Waals surface area contributed by atoms with Crippen molar-refractivity contribution in [2.24, 2.45) is 0 Å². The second-order valence-corrected chi connectivity index (χ2v) is 7.08. The molecule has 0 fully saturated rings. The lowest BCUT2D eigenvalue weighted by Gasteiger charge is -2.19. The molecule has 1 amide bonds. The van der Waals surface area contributed by atoms with Gasteiger partial charge < -0.3 is 19.5 Å². The highest BCUT2D eigenvalue weighted by molar-refractivity contribution is 6.00. The molecule has 0 bridgehead atoms. The van der Waals surface area contributed by atoms with Crippen LogP contribution in [0, 0.1) is 30.9 Å². The molecule has 9 heteroatoms. The topological polar surface area (TPSA) is 117 Å². The van der Waals surface area contributed by atoms with Crippen LogP contribution in [0.3, 0.4) is 0 Å². The number of benzene rings is 2. The van der Waals surface area contributed by atoms with Crippen molar-refractivity contribution in [1.82, 2.24) is 0 Å². The molecule has 0 aromatic heterocycles. The van der Waals surface area contributed by atoms with Gasteiger partial charge in [0.1, 0.15) is 18.8 Å². The molecule has 1 aliphatic heterocycles. The zero-order valence-corrected chi connectivity index (χ0v) is 17.1. The Hall–Kier alpha value is -3.62. The van der Waals surface area contributed by atoms with E-state index in [1.54, 1.807) is 0 Å². The summed E-state index contributed by atoms with van der Waals surface area (Å²) in [5.41, 5.74) is 2.66. The normalized spacial score (nSPS) is 13.3. The highest BCUT2D eigenvalue weighted by atomic mass is 16.6. The van der Waals surface area contributed by atoms with Crippen molar-refractivity contribution in [3.63, 3.8) is 0 Å². The number of hydrogen-bond acceptors (Lipinski definition) is 7. The molecule has 30 heavy (non-hydrogen) atoms. The number of nitrogens with zero attached hydrogens (tertiary/aromatic N) is 1. The van der Waals surface area contributed by atoms with E-state index >= 15 is 0 Å². The second kappa shape index (κ2) is 8.40. The SMILES string of the molecule is Cc1cc(C)c(NC(=O)[C@@H](C)OC(=O)c2cc3c(cc2[N+](=O)[O-])OCCO3)c(C)c1. The molecule has 1 aliphatic rings. The van der Waals surface area contributed by atoms with Gasteiger partial charge in [-0.25, -0.2) is 4.79 Å². The lowest BCUT2D eigenvalue weighted by molar-refractivity contribution is -0.385. The van der Waals surface area contributed by atoms with Crippen molar-refractivity contribution in [1.29, 1.82) is 0 Å². The number of aryl methyl sites for hydroxylation is 3. The Bertz CT molecular complexity index is 1010. The summed E-state index contributed by atoms with van der Waals surface area (Å²) in [6.07, 6.45) is -1.18. The average Bonchev–Trinajstić information content (AvgIpc) is 2.69. The van der Waals surface area contributed by atoms with Gasteiger partial charge in [-0.05, 0) is 38.8 Å². The molecule has 0 aliphatic carbocycles. The van der Waals surface area contributed by atoms with E-state index < -0.39 is 28.6 Å². The second-order valence-electron chi connectivity index (χ2n) is 7.08. The lowest BCUT2D eigenvalue weighted by Crippen LogP contribution is -2.30. The minimum atomic E-state index is -1.18. The Kier molecular flexibility index (Phi) is 5.91. The van der Waals surface area contributed by atoms with Gasteiger partial charge in [0.2, 0.25) is 0 Å². The highest BCUT2D eigenvalue weighted by Crippen LogP contribution is 2.37. The van der Waals surface area contributed by atoms with Gasteiger partial charge in [-0.3, -0.25) is 14.9 Å². The number of nitrogens with one attached hydrogen (secondary N) is 1. The van der Waals surface area contributed by atoms with E-state index in [9.17, 15) is 19.7 Å². The maximum Gasteiger partial charge on any atom is 0.346 e. The molecule has 2 aromatic carbocycles. The number of fused-ring (bicyclic) bond motifs is 1. The van der Waals surface area contributed by atoms with Gasteiger partial charge in [0.25, 0.3) is 11.6 Å². The predicted molar refractivity (Wildman–Crippen MR) is 108 cm³/mol. The van der Waals surface area contributed by atoms with E-state index in [2.05, 4.69) is 5.32 Å². The van der Waals surface area contributed by atoms with E-state index in [1.807, 2.05) is 32.9 Å². The molecular formula is C21H22N2O7. The van der Waals surface area contributed by atoms with Gasteiger partial charge >= 0.3 is 5.97 Å². The molecule has 0 saturated heterocycles. The summed E-state index contributed by atoms with van der Waals surface area (Å²) in [6.45, 7) is 7.60. The summed E-state index contributed by atoms with van der Waals surface area (Å²) in [4.78, 5) is 35.8. The average molecular weight is 414 g/mol. The molecule has 1 atom stereocenters. The fourth-order valence-electron chi connectivity index (χ4n) is 3.27. The Labute approximate surface area is 173 Å². The van der Waals surface area contributed by atoms with Gasteiger partial charge in [0, 0.05) is 11.8 Å². The van der Waals surface area contributed by atoms with Crippen LogP contribution in [-0.2, 0) is 9.53 Å². The number of hydrogen-bond donors (Lipinski definition) is 1. The van der Waals surface area contributed by atoms with Crippen LogP contribution < -0.4 is 14.8 Å². The number of anilines is 1. The van der Waals surface area contributed by atoms with Crippen molar-refractivity contribution < 1.29 is 28.7 Å². The smallest absolute Gasteiger partial charge is 0.346 e. The van der Waals surface area contributed by atoms with Crippen LogP contribution >= 0.6 is 0 Å². The van der Waals surface area contributed by atoms with Crippen LogP contribution in [0.15, 0.2) is 24.3 Å². The monoisotopic (exact) mass is 414 g/mol. The Morgan fingerprint density at radius 3 is 2.20 bits per heavy atom. The Balaban J connectivity index is 1.79. The summed E-state index contributed by atoms with van der Waals surface area (Å²) in [7, 11) is 0. The third-order valence-corrected chi connectivity index (χ3v) is 4.66. The number of nitro benzene ring substituents is 1. The quantitative estimate of drug-likeness (QED) is 0.452. The molecule has 0 spiro atoms. The van der Waals surface area contributed by atoms with Gasteiger partial charge in [0.15, 0.2) is 17.6 Å². The van der Waals surface area contributed by atoms with E-state index in [1.165, 1.54) is 13.0 Å². The summed E-state index contributed by atoms with van der Waals surface area (Å²) >= 11 is 0. The molecule has 158 valence electrons. The third-order valence-electron chi connectivity index (χ3n) is 4.66. The Morgan fingerprint density at radius 2 is 1.63 bits per heavy atom. The van der Waals surface area contributed by atoms with Gasteiger partial charge in [-0.15, -0.1) is 0 Å². The van der Waals surface area contributed by atoms with Gasteiger partial charge in [-0.2, -0.15) is 0 Å². The number of ether oxygens (including phenoxy) is 3. The number of nitro groups is 1. The predicted octanol–water partition coefficient (Wildman–Crippen LogP) is 3.48. The molecule has 1 N–H and O–H groups in total. The first-order valence-electron chi connectivity index (χ1n) is 9.35. The maximum absolute atomic E-state index is 12.6. The number of rotatable bonds is 5. The number of amides is 1. The van der Waals surface area contributed by atoms with Crippen molar-refractivity contribution in [2.45, 2.75) is 33.8 Å². The number of carbonyl (C=O) groups excluding carboxylic acids is 2. The molecule has 1 heterocycles. The fraction of sp³-hybridized carbons (Fsp3) is 0.333. The van der Waals surface area contributed by atoms with Crippen LogP contribution in [0.1, 0.15) is 34.0 Å². The van der Waals surface area contributed by atoms with E-state index in [4.69, 9.17) is 14.2 Å². The molecule has 0 saturated carbocycles. The summed E-state index contributed by atoms with van der Waals surface area (Å²) in [5.74, 6) is -1.15. The fourth-order valence-corrected chi connectivity index (χ4v) is 3.27. The molecule has 0 unspecified atom stereocenters. The van der Waals surface area contributed by atoms with Crippen molar-refractivity contribution in [3.8, 4) is 11.5 Å². The summed E-state index contributed by atoms with van der Waals surface area (Å²) < 4.78 is 15.9. The molecular weight excluding hydrogens is 392 g/mol. The standard InChI is InChI=1S/C21H22N2O7/c1-11-7-12(2)19(13(3)8-11)22-20(24)14(4)30-21(25)15-9-17-18(29-6-5-28-17)10-16(15)23(26)27/h7-10,14H,5-6H2,1-4H3,(H,22,24)/t14-/m1/s1. The largest absolute Gasteiger partial charge is 0.486 e. The first-order valence-corrected chi connectivity index (χ1v) is 9.35. The summed E-state index contributed by atoms with van der Waals surface area (Å²) in [6, 6.07) is 6.18. The van der Waals surface area contributed by atoms with Crippen LogP contribution in [0.2, 0.25) is 0 Å². The van der Waals surface area contributed by atoms with Crippen LogP contribution in [0.4, 0.5) is 11.4 Å². The van der Waals surface area contributed by atoms with Gasteiger partial charge in [-0.1, -0.05) is 17.7 Å². The zero-order valence-electron chi connectivity index (χ0n) is 17.1. The van der Waals surface area contributed by atoms with Crippen LogP contribution in [0.25, 0.3) is 0 Å². The van der Waals surface area contributed by atoms with E-state index in [0.717, 1.165) is 22.8 Å². The Morgan fingerprint density at radius 1 is 1.07 bits per heavy atom. The first kappa shape index (κ1) is 21.1. The van der Waals surface area contributed by atoms with Crippen molar-refractivity contribution >= 4 is 23.3 Å². The number of carbonyl (C=O) groups is 2. The zero-order chi connectivity index (χ0) is 22.0. The van der Waals surface area contributed by atoms with Gasteiger partial charge in [0.05, 0.1) is 11.0 Å². The lowest BCUT2D eigenvalue weighted by atomic mass is 10.0. The van der Waals surface area contributed by atoms with Crippen molar-refractivity contribution in [2.75, 3.05) is 18.5 Å². The third kappa shape index (κ3) is 4.35. The van der Waals surface area contributed by atoms with E-state index in [0.29, 0.717) is 5.69 Å². The molecule has 2 aromatic rings. The maximum atomic E-state index is 12.6. The van der Waals surface area contributed by atoms with Crippen LogP contribution in [-0.4, -0.2) is 36.1 Å². The van der Waals surface area contributed by atoms with Crippen LogP contribution in [0.5, 0.6) is 11.5 Å². The van der Waals surface area contributed by atoms with E-state index in [-0.39, 0.29) is 30.3 Å². The minimum absolute atomic E-state index is 0.181. The molecule has 9 nitrogen and oxygen atoms in total. The number of esters is 1. The summed E-state index contributed by atoms with van der Waals surface area (Å²) in [5, 5.41) is 14.2. The van der Waals surface area contributed by atoms with Crippen molar-refractivity contribution in [3.05, 3.63) is 56.6 Å². The molecule has 3 rings (SSSR count). The highest BCUT2D eigenvalue weighted by Gasteiger charge is 2.29. The minimum Gasteiger partial charge on any atom is -0.486 e.